The third-order valence-electron chi connectivity index (χ3n) is 8.37. The fourth-order valence-electron chi connectivity index (χ4n) is 6.00. The third-order valence-corrected chi connectivity index (χ3v) is 10.0. The van der Waals surface area contributed by atoms with Crippen LogP contribution in [0.25, 0.3) is 21.2 Å². The van der Waals surface area contributed by atoms with Crippen molar-refractivity contribution in [3.63, 3.8) is 0 Å². The summed E-state index contributed by atoms with van der Waals surface area (Å²) in [6.45, 7) is 5.70. The van der Waals surface area contributed by atoms with Crippen molar-refractivity contribution in [2.45, 2.75) is 77.0 Å². The lowest BCUT2D eigenvalue weighted by Crippen LogP contribution is -2.47. The standard InChI is InChI=1S/C36H38ClF3N2O5S/c1-35(2,3)47-34(44)41(4)25-13-15-26(16-14-25)42(33(43)32-31(37)28-8-6-7-9-30(28)48-32)21-24-20-23(12-19-29(24)45-5)22-10-17-27(18-11-22)46-36(38,39)40/h6-12,17-20,25-26H,13-16,21H2,1-5H3/t25-,26-. The largest absolute Gasteiger partial charge is 0.573 e. The van der Waals surface area contributed by atoms with E-state index in [-0.39, 0.29) is 36.4 Å². The number of amides is 2. The molecule has 0 bridgehead atoms. The smallest absolute Gasteiger partial charge is 0.496 e. The predicted molar refractivity (Wildman–Crippen MR) is 182 cm³/mol. The molecular formula is C36H38ClF3N2O5S. The van der Waals surface area contributed by atoms with Gasteiger partial charge in [-0.25, -0.2) is 4.79 Å². The normalized spacial score (nSPS) is 16.8. The van der Waals surface area contributed by atoms with E-state index in [1.54, 1.807) is 37.3 Å². The van der Waals surface area contributed by atoms with Gasteiger partial charge in [-0.1, -0.05) is 48.0 Å². The summed E-state index contributed by atoms with van der Waals surface area (Å²) in [5, 5.41) is 1.22. The minimum absolute atomic E-state index is 0.0388. The first-order valence-corrected chi connectivity index (χ1v) is 16.8. The Bertz CT molecular complexity index is 1760. The number of hydrogen-bond donors (Lipinski definition) is 0. The lowest BCUT2D eigenvalue weighted by Gasteiger charge is -2.40. The number of halogens is 4. The average molecular weight is 703 g/mol. The first-order valence-electron chi connectivity index (χ1n) is 15.6. The minimum Gasteiger partial charge on any atom is -0.496 e. The Morgan fingerprint density at radius 1 is 0.917 bits per heavy atom. The van der Waals surface area contributed by atoms with Gasteiger partial charge < -0.3 is 24.0 Å². The van der Waals surface area contributed by atoms with Gasteiger partial charge >= 0.3 is 12.5 Å². The molecule has 0 saturated heterocycles. The van der Waals surface area contributed by atoms with Crippen LogP contribution in [0.4, 0.5) is 18.0 Å². The van der Waals surface area contributed by atoms with E-state index in [1.165, 1.54) is 23.5 Å². The summed E-state index contributed by atoms with van der Waals surface area (Å²) in [5.74, 6) is 0.0468. The van der Waals surface area contributed by atoms with Crippen LogP contribution in [-0.4, -0.2) is 60.0 Å². The summed E-state index contributed by atoms with van der Waals surface area (Å²) in [5.41, 5.74) is 1.52. The van der Waals surface area contributed by atoms with E-state index in [1.807, 2.05) is 62.1 Å². The number of benzene rings is 3. The van der Waals surface area contributed by atoms with Gasteiger partial charge in [0, 0.05) is 41.3 Å². The van der Waals surface area contributed by atoms with Gasteiger partial charge in [-0.05, 0) is 87.9 Å². The Hall–Kier alpha value is -3.96. The molecule has 5 rings (SSSR count). The molecule has 0 atom stereocenters. The summed E-state index contributed by atoms with van der Waals surface area (Å²) in [6, 6.07) is 18.5. The van der Waals surface area contributed by atoms with Gasteiger partial charge in [-0.3, -0.25) is 4.79 Å². The molecule has 1 aliphatic rings. The van der Waals surface area contributed by atoms with Crippen LogP contribution in [0.1, 0.15) is 61.7 Å². The van der Waals surface area contributed by atoms with Crippen molar-refractivity contribution < 1.29 is 37.0 Å². The predicted octanol–water partition coefficient (Wildman–Crippen LogP) is 9.95. The summed E-state index contributed by atoms with van der Waals surface area (Å²) in [4.78, 5) is 31.2. The molecular weight excluding hydrogens is 665 g/mol. The van der Waals surface area contributed by atoms with Crippen LogP contribution < -0.4 is 9.47 Å². The molecule has 1 fully saturated rings. The monoisotopic (exact) mass is 702 g/mol. The molecule has 0 spiro atoms. The van der Waals surface area contributed by atoms with Gasteiger partial charge in [-0.15, -0.1) is 24.5 Å². The van der Waals surface area contributed by atoms with E-state index in [9.17, 15) is 22.8 Å². The molecule has 0 radical (unpaired) electrons. The number of methoxy groups -OCH3 is 1. The van der Waals surface area contributed by atoms with Gasteiger partial charge in [0.1, 0.15) is 22.0 Å². The van der Waals surface area contributed by atoms with Crippen molar-refractivity contribution >= 4 is 45.0 Å². The van der Waals surface area contributed by atoms with Gasteiger partial charge in [0.2, 0.25) is 0 Å². The first kappa shape index (κ1) is 35.3. The maximum Gasteiger partial charge on any atom is 0.573 e. The lowest BCUT2D eigenvalue weighted by atomic mass is 9.89. The van der Waals surface area contributed by atoms with Crippen LogP contribution in [0.3, 0.4) is 0 Å². The van der Waals surface area contributed by atoms with Crippen molar-refractivity contribution in [3.8, 4) is 22.6 Å². The van der Waals surface area contributed by atoms with Crippen molar-refractivity contribution in [1.82, 2.24) is 9.80 Å². The molecule has 0 aliphatic heterocycles. The maximum atomic E-state index is 14.4. The molecule has 1 aromatic heterocycles. The number of rotatable bonds is 8. The average Bonchev–Trinajstić information content (AvgIpc) is 3.38. The van der Waals surface area contributed by atoms with Crippen molar-refractivity contribution in [2.24, 2.45) is 0 Å². The fraction of sp³-hybridized carbons (Fsp3) is 0.389. The molecule has 0 N–H and O–H groups in total. The van der Waals surface area contributed by atoms with E-state index in [2.05, 4.69) is 4.74 Å². The van der Waals surface area contributed by atoms with E-state index in [0.717, 1.165) is 21.2 Å². The fourth-order valence-corrected chi connectivity index (χ4v) is 7.47. The first-order chi connectivity index (χ1) is 22.6. The number of nitrogens with zero attached hydrogens (tertiary/aromatic N) is 2. The highest BCUT2D eigenvalue weighted by atomic mass is 35.5. The zero-order valence-electron chi connectivity index (χ0n) is 27.4. The van der Waals surface area contributed by atoms with Crippen LogP contribution >= 0.6 is 22.9 Å². The summed E-state index contributed by atoms with van der Waals surface area (Å²) < 4.78 is 54.3. The van der Waals surface area contributed by atoms with E-state index in [4.69, 9.17) is 21.1 Å². The highest BCUT2D eigenvalue weighted by Crippen LogP contribution is 2.39. The maximum absolute atomic E-state index is 14.4. The van der Waals surface area contributed by atoms with Gasteiger partial charge in [0.15, 0.2) is 0 Å². The molecule has 0 unspecified atom stereocenters. The number of carbonyl (C=O) groups excluding carboxylic acids is 2. The van der Waals surface area contributed by atoms with Crippen LogP contribution in [0.2, 0.25) is 5.02 Å². The summed E-state index contributed by atoms with van der Waals surface area (Å²) >= 11 is 8.16. The van der Waals surface area contributed by atoms with E-state index in [0.29, 0.717) is 46.9 Å². The Balaban J connectivity index is 1.44. The van der Waals surface area contributed by atoms with E-state index >= 15 is 0 Å². The highest BCUT2D eigenvalue weighted by Gasteiger charge is 2.35. The molecule has 256 valence electrons. The van der Waals surface area contributed by atoms with Crippen LogP contribution in [0.5, 0.6) is 11.5 Å². The number of thiophene rings is 1. The molecule has 4 aromatic rings. The number of ether oxygens (including phenoxy) is 3. The Morgan fingerprint density at radius 3 is 2.15 bits per heavy atom. The topological polar surface area (TPSA) is 68.3 Å². The lowest BCUT2D eigenvalue weighted by molar-refractivity contribution is -0.274. The second-order valence-electron chi connectivity index (χ2n) is 12.8. The quantitative estimate of drug-likeness (QED) is 0.183. The summed E-state index contributed by atoms with van der Waals surface area (Å²) in [7, 11) is 3.30. The van der Waals surface area contributed by atoms with Crippen molar-refractivity contribution in [3.05, 3.63) is 82.2 Å². The van der Waals surface area contributed by atoms with E-state index < -0.39 is 12.0 Å². The third kappa shape index (κ3) is 8.36. The van der Waals surface area contributed by atoms with Crippen LogP contribution in [0.15, 0.2) is 66.7 Å². The Kier molecular flexibility index (Phi) is 10.5. The SMILES string of the molecule is COc1ccc(-c2ccc(OC(F)(F)F)cc2)cc1CN(C(=O)c1sc2ccccc2c1Cl)[C@H]1CC[C@H](N(C)C(=O)OC(C)(C)C)CC1. The molecule has 2 amide bonds. The molecule has 48 heavy (non-hydrogen) atoms. The van der Waals surface area contributed by atoms with Gasteiger partial charge in [0.25, 0.3) is 5.91 Å². The summed E-state index contributed by atoms with van der Waals surface area (Å²) in [6.07, 6.45) is -2.52. The zero-order chi connectivity index (χ0) is 34.8. The Labute approximate surface area is 287 Å². The second kappa shape index (κ2) is 14.3. The second-order valence-corrected chi connectivity index (χ2v) is 14.3. The zero-order valence-corrected chi connectivity index (χ0v) is 29.0. The number of carbonyl (C=O) groups is 2. The highest BCUT2D eigenvalue weighted by molar-refractivity contribution is 7.21. The van der Waals surface area contributed by atoms with Gasteiger partial charge in [-0.2, -0.15) is 0 Å². The number of fused-ring (bicyclic) bond motifs is 1. The molecule has 1 heterocycles. The van der Waals surface area contributed by atoms with Crippen LogP contribution in [-0.2, 0) is 11.3 Å². The van der Waals surface area contributed by atoms with Crippen molar-refractivity contribution in [2.75, 3.05) is 14.2 Å². The molecule has 12 heteroatoms. The van der Waals surface area contributed by atoms with Crippen LogP contribution in [0, 0.1) is 0 Å². The molecule has 7 nitrogen and oxygen atoms in total. The number of alkyl halides is 3. The Morgan fingerprint density at radius 2 is 1.54 bits per heavy atom. The molecule has 3 aromatic carbocycles. The molecule has 1 aliphatic carbocycles. The van der Waals surface area contributed by atoms with Crippen molar-refractivity contribution in [1.29, 1.82) is 0 Å². The minimum atomic E-state index is -4.79. The van der Waals surface area contributed by atoms with Gasteiger partial charge in [0.05, 0.1) is 12.1 Å². The number of hydrogen-bond acceptors (Lipinski definition) is 6. The molecule has 1 saturated carbocycles.